The molecule has 0 unspecified atom stereocenters. The fourth-order valence-corrected chi connectivity index (χ4v) is 2.86. The first-order valence-corrected chi connectivity index (χ1v) is 9.02. The normalized spacial score (nSPS) is 13.0. The van der Waals surface area contributed by atoms with Crippen molar-refractivity contribution in [2.75, 3.05) is 10.6 Å². The summed E-state index contributed by atoms with van der Waals surface area (Å²) < 4.78 is 14.3. The van der Waals surface area contributed by atoms with E-state index >= 15 is 0 Å². The third-order valence-corrected chi connectivity index (χ3v) is 4.53. The van der Waals surface area contributed by atoms with Gasteiger partial charge in [-0.05, 0) is 43.2 Å². The molecule has 0 radical (unpaired) electrons. The van der Waals surface area contributed by atoms with Crippen LogP contribution < -0.4 is 10.6 Å². The van der Waals surface area contributed by atoms with Crippen LogP contribution in [-0.2, 0) is 4.79 Å². The number of nitrogens with one attached hydrogen (secondary N) is 2. The maximum Gasteiger partial charge on any atom is 0.255 e. The Kier molecular flexibility index (Phi) is 4.90. The topological polar surface area (TPSA) is 104 Å². The molecule has 0 saturated heterocycles. The van der Waals surface area contributed by atoms with Crippen molar-refractivity contribution in [2.45, 2.75) is 12.8 Å². The molecule has 29 heavy (non-hydrogen) atoms. The number of hydrogen-bond acceptors (Lipinski definition) is 5. The standard InChI is InChI=1S/C21H17FN4O3/c22-17-10-14(27)3-4-15(17)16-6-7-23-11-18(16)25-21(29)13-5-8-24-19(9-13)26-20(28)12-1-2-12/h3-12,27H,1-2H2,(H,25,29)(H,24,26,28). The molecular formula is C21H17FN4O3. The van der Waals surface area contributed by atoms with Gasteiger partial charge in [-0.2, -0.15) is 0 Å². The molecule has 1 aromatic carbocycles. The fraction of sp³-hybridized carbons (Fsp3) is 0.143. The minimum atomic E-state index is -0.624. The molecule has 2 heterocycles. The van der Waals surface area contributed by atoms with Crippen LogP contribution in [0.3, 0.4) is 0 Å². The molecule has 3 N–H and O–H groups in total. The van der Waals surface area contributed by atoms with E-state index in [1.54, 1.807) is 6.07 Å². The number of pyridine rings is 2. The number of anilines is 2. The van der Waals surface area contributed by atoms with Crippen LogP contribution in [0.25, 0.3) is 11.1 Å². The zero-order chi connectivity index (χ0) is 20.4. The van der Waals surface area contributed by atoms with Gasteiger partial charge in [-0.25, -0.2) is 9.37 Å². The quantitative estimate of drug-likeness (QED) is 0.616. The van der Waals surface area contributed by atoms with Crippen molar-refractivity contribution in [2.24, 2.45) is 5.92 Å². The molecule has 3 aromatic rings. The lowest BCUT2D eigenvalue weighted by molar-refractivity contribution is -0.117. The molecule has 1 saturated carbocycles. The Hall–Kier alpha value is -3.81. The summed E-state index contributed by atoms with van der Waals surface area (Å²) in [6.07, 6.45) is 6.06. The van der Waals surface area contributed by atoms with Crippen LogP contribution in [0.5, 0.6) is 5.75 Å². The van der Waals surface area contributed by atoms with Crippen molar-refractivity contribution in [1.82, 2.24) is 9.97 Å². The Balaban J connectivity index is 1.57. The minimum absolute atomic E-state index is 0.0208. The average molecular weight is 392 g/mol. The van der Waals surface area contributed by atoms with E-state index in [4.69, 9.17) is 0 Å². The number of benzene rings is 1. The number of carbonyl (C=O) groups excluding carboxylic acids is 2. The lowest BCUT2D eigenvalue weighted by Crippen LogP contribution is -2.16. The van der Waals surface area contributed by atoms with Crippen molar-refractivity contribution >= 4 is 23.3 Å². The van der Waals surface area contributed by atoms with Crippen molar-refractivity contribution in [3.05, 3.63) is 66.4 Å². The van der Waals surface area contributed by atoms with E-state index in [0.717, 1.165) is 18.9 Å². The second-order valence-corrected chi connectivity index (χ2v) is 6.73. The SMILES string of the molecule is O=C(Nc1cnccc1-c1ccc(O)cc1F)c1ccnc(NC(=O)C2CC2)c1. The van der Waals surface area contributed by atoms with Crippen LogP contribution in [0.15, 0.2) is 55.0 Å². The first-order valence-electron chi connectivity index (χ1n) is 9.02. The molecular weight excluding hydrogens is 375 g/mol. The molecule has 2 amide bonds. The van der Waals surface area contributed by atoms with E-state index in [-0.39, 0.29) is 28.7 Å². The largest absolute Gasteiger partial charge is 0.508 e. The average Bonchev–Trinajstić information content (AvgIpc) is 3.54. The van der Waals surface area contributed by atoms with Gasteiger partial charge in [0.2, 0.25) is 5.91 Å². The number of phenolic OH excluding ortho intramolecular Hbond substituents is 1. The van der Waals surface area contributed by atoms with Crippen molar-refractivity contribution < 1.29 is 19.1 Å². The number of carbonyl (C=O) groups is 2. The molecule has 0 atom stereocenters. The Bertz CT molecular complexity index is 1100. The second kappa shape index (κ2) is 7.67. The van der Waals surface area contributed by atoms with E-state index in [9.17, 15) is 19.1 Å². The van der Waals surface area contributed by atoms with Gasteiger partial charge in [-0.1, -0.05) is 0 Å². The summed E-state index contributed by atoms with van der Waals surface area (Å²) >= 11 is 0. The highest BCUT2D eigenvalue weighted by Crippen LogP contribution is 2.32. The van der Waals surface area contributed by atoms with Gasteiger partial charge in [-0.3, -0.25) is 14.6 Å². The van der Waals surface area contributed by atoms with E-state index in [1.807, 2.05) is 0 Å². The molecule has 146 valence electrons. The number of phenols is 1. The molecule has 0 aliphatic heterocycles. The third kappa shape index (κ3) is 4.21. The maximum absolute atomic E-state index is 14.3. The zero-order valence-corrected chi connectivity index (χ0v) is 15.2. The number of aromatic nitrogens is 2. The highest BCUT2D eigenvalue weighted by Gasteiger charge is 2.29. The van der Waals surface area contributed by atoms with Gasteiger partial charge >= 0.3 is 0 Å². The predicted octanol–water partition coefficient (Wildman–Crippen LogP) is 3.59. The van der Waals surface area contributed by atoms with Crippen LogP contribution in [0.4, 0.5) is 15.9 Å². The summed E-state index contributed by atoms with van der Waals surface area (Å²) in [6, 6.07) is 8.35. The van der Waals surface area contributed by atoms with Crippen molar-refractivity contribution in [3.63, 3.8) is 0 Å². The molecule has 7 nitrogen and oxygen atoms in total. The van der Waals surface area contributed by atoms with Crippen LogP contribution in [0, 0.1) is 11.7 Å². The predicted molar refractivity (Wildman–Crippen MR) is 105 cm³/mol. The number of hydrogen-bond donors (Lipinski definition) is 3. The monoisotopic (exact) mass is 392 g/mol. The van der Waals surface area contributed by atoms with Crippen LogP contribution in [-0.4, -0.2) is 26.9 Å². The molecule has 1 aliphatic carbocycles. The summed E-state index contributed by atoms with van der Waals surface area (Å²) in [5.74, 6) is -1.06. The maximum atomic E-state index is 14.3. The van der Waals surface area contributed by atoms with Gasteiger partial charge < -0.3 is 15.7 Å². The van der Waals surface area contributed by atoms with Crippen LogP contribution in [0.2, 0.25) is 0 Å². The Morgan fingerprint density at radius 2 is 1.86 bits per heavy atom. The van der Waals surface area contributed by atoms with Gasteiger partial charge in [0.15, 0.2) is 0 Å². The summed E-state index contributed by atoms with van der Waals surface area (Å²) in [6.45, 7) is 0. The molecule has 8 heteroatoms. The zero-order valence-electron chi connectivity index (χ0n) is 15.2. The van der Waals surface area contributed by atoms with E-state index in [2.05, 4.69) is 20.6 Å². The molecule has 0 spiro atoms. The minimum Gasteiger partial charge on any atom is -0.508 e. The lowest BCUT2D eigenvalue weighted by atomic mass is 10.0. The Labute approximate surface area is 165 Å². The third-order valence-electron chi connectivity index (χ3n) is 4.53. The first kappa shape index (κ1) is 18.5. The summed E-state index contributed by atoms with van der Waals surface area (Å²) in [5.41, 5.74) is 1.23. The highest BCUT2D eigenvalue weighted by molar-refractivity contribution is 6.07. The second-order valence-electron chi connectivity index (χ2n) is 6.73. The van der Waals surface area contributed by atoms with Crippen LogP contribution >= 0.6 is 0 Å². The summed E-state index contributed by atoms with van der Waals surface area (Å²) in [4.78, 5) is 32.7. The van der Waals surface area contributed by atoms with Crippen molar-refractivity contribution in [1.29, 1.82) is 0 Å². The van der Waals surface area contributed by atoms with Crippen molar-refractivity contribution in [3.8, 4) is 16.9 Å². The van der Waals surface area contributed by atoms with Gasteiger partial charge in [0.25, 0.3) is 5.91 Å². The smallest absolute Gasteiger partial charge is 0.255 e. The molecule has 2 aromatic heterocycles. The Morgan fingerprint density at radius 3 is 2.62 bits per heavy atom. The lowest BCUT2D eigenvalue weighted by Gasteiger charge is -2.12. The number of nitrogens with zero attached hydrogens (tertiary/aromatic N) is 2. The molecule has 1 fully saturated rings. The number of halogens is 1. The van der Waals surface area contributed by atoms with Gasteiger partial charge in [0.1, 0.15) is 17.4 Å². The fourth-order valence-electron chi connectivity index (χ4n) is 2.86. The van der Waals surface area contributed by atoms with E-state index in [0.29, 0.717) is 17.1 Å². The van der Waals surface area contributed by atoms with E-state index in [1.165, 1.54) is 42.9 Å². The van der Waals surface area contributed by atoms with Gasteiger partial charge in [0.05, 0.1) is 11.9 Å². The summed E-state index contributed by atoms with van der Waals surface area (Å²) in [7, 11) is 0. The number of rotatable bonds is 5. The number of aromatic hydroxyl groups is 1. The van der Waals surface area contributed by atoms with Gasteiger partial charge in [-0.15, -0.1) is 0 Å². The number of amides is 2. The van der Waals surface area contributed by atoms with Crippen LogP contribution in [0.1, 0.15) is 23.2 Å². The first-order chi connectivity index (χ1) is 14.0. The van der Waals surface area contributed by atoms with Gasteiger partial charge in [0, 0.05) is 41.1 Å². The summed E-state index contributed by atoms with van der Waals surface area (Å²) in [5, 5.41) is 14.8. The van der Waals surface area contributed by atoms with E-state index < -0.39 is 11.7 Å². The Morgan fingerprint density at radius 1 is 1.03 bits per heavy atom. The molecule has 1 aliphatic rings. The molecule has 4 rings (SSSR count). The molecule has 0 bridgehead atoms. The highest BCUT2D eigenvalue weighted by atomic mass is 19.1.